The number of nitrogens with zero attached hydrogens (tertiary/aromatic N) is 4. The Morgan fingerprint density at radius 3 is 2.71 bits per heavy atom. The fourth-order valence-electron chi connectivity index (χ4n) is 1.64. The first kappa shape index (κ1) is 11.6. The van der Waals surface area contributed by atoms with Crippen molar-refractivity contribution in [3.63, 3.8) is 0 Å². The lowest BCUT2D eigenvalue weighted by molar-refractivity contribution is 0.0979. The van der Waals surface area contributed by atoms with Crippen molar-refractivity contribution in [2.24, 2.45) is 7.05 Å². The van der Waals surface area contributed by atoms with Crippen molar-refractivity contribution in [2.75, 3.05) is 0 Å². The van der Waals surface area contributed by atoms with Gasteiger partial charge < -0.3 is 4.57 Å². The second-order valence-corrected chi connectivity index (χ2v) is 4.34. The molecule has 0 aliphatic rings. The Morgan fingerprint density at radius 1 is 1.41 bits per heavy atom. The molecule has 0 amide bonds. The predicted octanol–water partition coefficient (Wildman–Crippen LogP) is 1.62. The summed E-state index contributed by atoms with van der Waals surface area (Å²) < 4.78 is 3.57. The average Bonchev–Trinajstić information content (AvgIpc) is 2.86. The Labute approximate surface area is 100 Å². The molecular weight excluding hydrogens is 216 g/mol. The molecule has 0 unspecified atom stereocenters. The minimum absolute atomic E-state index is 0.00786. The van der Waals surface area contributed by atoms with Crippen LogP contribution in [0.4, 0.5) is 0 Å². The quantitative estimate of drug-likeness (QED) is 0.753. The summed E-state index contributed by atoms with van der Waals surface area (Å²) in [5.41, 5.74) is 0.784. The van der Waals surface area contributed by atoms with Gasteiger partial charge in [0, 0.05) is 31.7 Å². The molecule has 0 atom stereocenters. The maximum Gasteiger partial charge on any atom is 0.204 e. The highest BCUT2D eigenvalue weighted by Crippen LogP contribution is 2.07. The van der Waals surface area contributed by atoms with Crippen molar-refractivity contribution in [3.05, 3.63) is 36.2 Å². The van der Waals surface area contributed by atoms with Gasteiger partial charge in [-0.1, -0.05) is 0 Å². The average molecular weight is 232 g/mol. The summed E-state index contributed by atoms with van der Waals surface area (Å²) in [5, 5.41) is 4.35. The zero-order chi connectivity index (χ0) is 12.4. The minimum Gasteiger partial charge on any atom is -0.332 e. The van der Waals surface area contributed by atoms with Crippen LogP contribution in [-0.2, 0) is 13.5 Å². The summed E-state index contributed by atoms with van der Waals surface area (Å²) in [6.07, 6.45) is 5.58. The molecule has 5 nitrogen and oxygen atoms in total. The summed E-state index contributed by atoms with van der Waals surface area (Å²) >= 11 is 0. The lowest BCUT2D eigenvalue weighted by Crippen LogP contribution is -2.11. The van der Waals surface area contributed by atoms with Crippen molar-refractivity contribution in [3.8, 4) is 0 Å². The van der Waals surface area contributed by atoms with Crippen LogP contribution in [0.2, 0.25) is 0 Å². The van der Waals surface area contributed by atoms with E-state index in [1.165, 1.54) is 0 Å². The van der Waals surface area contributed by atoms with E-state index < -0.39 is 0 Å². The summed E-state index contributed by atoms with van der Waals surface area (Å²) in [6.45, 7) is 4.11. The number of rotatable bonds is 4. The van der Waals surface area contributed by atoms with E-state index in [2.05, 4.69) is 23.9 Å². The summed E-state index contributed by atoms with van der Waals surface area (Å²) in [4.78, 5) is 16.0. The fraction of sp³-hybridized carbons (Fsp3) is 0.417. The Hall–Kier alpha value is -1.91. The number of hydrogen-bond acceptors (Lipinski definition) is 3. The molecule has 17 heavy (non-hydrogen) atoms. The van der Waals surface area contributed by atoms with Gasteiger partial charge in [-0.25, -0.2) is 4.98 Å². The third-order valence-corrected chi connectivity index (χ3v) is 2.60. The van der Waals surface area contributed by atoms with Crippen LogP contribution in [0.25, 0.3) is 0 Å². The number of carbonyl (C=O) groups is 1. The first-order valence-corrected chi connectivity index (χ1v) is 5.62. The summed E-state index contributed by atoms with van der Waals surface area (Å²) in [6, 6.07) is 2.19. The highest BCUT2D eigenvalue weighted by Gasteiger charge is 2.13. The largest absolute Gasteiger partial charge is 0.332 e. The zero-order valence-corrected chi connectivity index (χ0v) is 10.3. The standard InChI is InChI=1S/C12H16N4O/c1-9(2)16-6-4-10(14-16)8-11(17)12-13-5-7-15(12)3/h4-7,9H,8H2,1-3H3. The van der Waals surface area contributed by atoms with E-state index in [9.17, 15) is 4.79 Å². The molecule has 2 aromatic heterocycles. The van der Waals surface area contributed by atoms with Crippen LogP contribution < -0.4 is 0 Å². The molecule has 0 saturated carbocycles. The van der Waals surface area contributed by atoms with Gasteiger partial charge in [-0.2, -0.15) is 5.10 Å². The van der Waals surface area contributed by atoms with E-state index in [1.807, 2.05) is 24.0 Å². The molecule has 2 heterocycles. The Bertz CT molecular complexity index is 524. The normalized spacial score (nSPS) is 11.1. The van der Waals surface area contributed by atoms with Crippen LogP contribution in [0.5, 0.6) is 0 Å². The van der Waals surface area contributed by atoms with E-state index in [4.69, 9.17) is 0 Å². The molecule has 0 N–H and O–H groups in total. The van der Waals surface area contributed by atoms with Gasteiger partial charge in [-0.3, -0.25) is 9.48 Å². The molecule has 0 fully saturated rings. The van der Waals surface area contributed by atoms with Gasteiger partial charge >= 0.3 is 0 Å². The monoisotopic (exact) mass is 232 g/mol. The highest BCUT2D eigenvalue weighted by molar-refractivity contribution is 5.94. The Morgan fingerprint density at radius 2 is 2.18 bits per heavy atom. The van der Waals surface area contributed by atoms with Crippen LogP contribution in [0.15, 0.2) is 24.7 Å². The van der Waals surface area contributed by atoms with Crippen molar-refractivity contribution in [1.82, 2.24) is 19.3 Å². The van der Waals surface area contributed by atoms with Crippen LogP contribution >= 0.6 is 0 Å². The van der Waals surface area contributed by atoms with Gasteiger partial charge in [-0.05, 0) is 19.9 Å². The second-order valence-electron chi connectivity index (χ2n) is 4.34. The van der Waals surface area contributed by atoms with Gasteiger partial charge in [0.25, 0.3) is 0 Å². The van der Waals surface area contributed by atoms with Gasteiger partial charge in [0.05, 0.1) is 12.1 Å². The number of aryl methyl sites for hydroxylation is 1. The maximum atomic E-state index is 11.9. The molecule has 0 bridgehead atoms. The van der Waals surface area contributed by atoms with Crippen molar-refractivity contribution in [1.29, 1.82) is 0 Å². The Kier molecular flexibility index (Phi) is 3.08. The van der Waals surface area contributed by atoms with Crippen LogP contribution in [-0.4, -0.2) is 25.1 Å². The van der Waals surface area contributed by atoms with Gasteiger partial charge in [0.2, 0.25) is 5.78 Å². The van der Waals surface area contributed by atoms with Crippen LogP contribution in [0.1, 0.15) is 36.2 Å². The molecule has 5 heteroatoms. The summed E-state index contributed by atoms with van der Waals surface area (Å²) in [5.74, 6) is 0.468. The molecule has 0 radical (unpaired) electrons. The number of aromatic nitrogens is 4. The maximum absolute atomic E-state index is 11.9. The number of Topliss-reactive ketones (excluding diaryl/α,β-unsaturated/α-hetero) is 1. The van der Waals surface area contributed by atoms with E-state index in [0.717, 1.165) is 5.69 Å². The molecule has 90 valence electrons. The summed E-state index contributed by atoms with van der Waals surface area (Å²) in [7, 11) is 1.81. The number of hydrogen-bond donors (Lipinski definition) is 0. The first-order valence-electron chi connectivity index (χ1n) is 5.62. The van der Waals surface area contributed by atoms with Crippen LogP contribution in [0.3, 0.4) is 0 Å². The van der Waals surface area contributed by atoms with Gasteiger partial charge in [0.15, 0.2) is 5.82 Å². The second kappa shape index (κ2) is 4.53. The van der Waals surface area contributed by atoms with Crippen LogP contribution in [0, 0.1) is 0 Å². The van der Waals surface area contributed by atoms with E-state index >= 15 is 0 Å². The zero-order valence-electron chi connectivity index (χ0n) is 10.3. The van der Waals surface area contributed by atoms with E-state index in [1.54, 1.807) is 17.0 Å². The van der Waals surface area contributed by atoms with E-state index in [-0.39, 0.29) is 5.78 Å². The third-order valence-electron chi connectivity index (χ3n) is 2.60. The lowest BCUT2D eigenvalue weighted by atomic mass is 10.2. The number of carbonyl (C=O) groups excluding carboxylic acids is 1. The molecule has 0 aliphatic carbocycles. The molecule has 2 aromatic rings. The molecule has 0 aliphatic heterocycles. The Balaban J connectivity index is 2.11. The SMILES string of the molecule is CC(C)n1ccc(CC(=O)c2nccn2C)n1. The third kappa shape index (κ3) is 2.43. The van der Waals surface area contributed by atoms with Crippen molar-refractivity contribution < 1.29 is 4.79 Å². The molecule has 0 saturated heterocycles. The number of ketones is 1. The first-order chi connectivity index (χ1) is 8.08. The minimum atomic E-state index is -0.00786. The lowest BCUT2D eigenvalue weighted by Gasteiger charge is -2.03. The smallest absolute Gasteiger partial charge is 0.204 e. The molecular formula is C12H16N4O. The molecule has 0 spiro atoms. The number of imidazole rings is 1. The van der Waals surface area contributed by atoms with Gasteiger partial charge in [-0.15, -0.1) is 0 Å². The topological polar surface area (TPSA) is 52.7 Å². The van der Waals surface area contributed by atoms with Crippen molar-refractivity contribution >= 4 is 5.78 Å². The van der Waals surface area contributed by atoms with Gasteiger partial charge in [0.1, 0.15) is 0 Å². The predicted molar refractivity (Wildman–Crippen MR) is 63.9 cm³/mol. The highest BCUT2D eigenvalue weighted by atomic mass is 16.1. The molecule has 2 rings (SSSR count). The van der Waals surface area contributed by atoms with Crippen molar-refractivity contribution in [2.45, 2.75) is 26.3 Å². The molecule has 0 aromatic carbocycles. The van der Waals surface area contributed by atoms with E-state index in [0.29, 0.717) is 18.3 Å². The fourth-order valence-corrected chi connectivity index (χ4v) is 1.64.